The number of aromatic nitrogens is 1. The van der Waals surface area contributed by atoms with Gasteiger partial charge in [0.15, 0.2) is 0 Å². The van der Waals surface area contributed by atoms with E-state index in [2.05, 4.69) is 15.7 Å². The van der Waals surface area contributed by atoms with Gasteiger partial charge in [-0.3, -0.25) is 4.79 Å². The molecule has 0 aliphatic rings. The summed E-state index contributed by atoms with van der Waals surface area (Å²) in [5, 5.41) is 6.08. The molecule has 1 atom stereocenters. The number of thiazole rings is 1. The molecular formula is C16H23Cl2N3OS2. The Bertz CT molecular complexity index is 637. The Morgan fingerprint density at radius 3 is 2.71 bits per heavy atom. The average Bonchev–Trinajstić information content (AvgIpc) is 2.96. The number of rotatable bonds is 7. The third-order valence-corrected chi connectivity index (χ3v) is 5.12. The van der Waals surface area contributed by atoms with Crippen LogP contribution in [-0.2, 0) is 5.75 Å². The summed E-state index contributed by atoms with van der Waals surface area (Å²) >= 11 is 3.29. The van der Waals surface area contributed by atoms with Crippen molar-refractivity contribution in [2.75, 3.05) is 13.1 Å². The molecule has 24 heavy (non-hydrogen) atoms. The van der Waals surface area contributed by atoms with E-state index in [1.165, 1.54) is 0 Å². The van der Waals surface area contributed by atoms with Gasteiger partial charge in [0.05, 0.1) is 16.3 Å². The highest BCUT2D eigenvalue weighted by molar-refractivity contribution is 7.98. The number of hydrogen-bond donors (Lipinski definition) is 2. The number of nitrogens with one attached hydrogen (secondary N) is 1. The molecule has 8 heteroatoms. The number of hydrogen-bond acceptors (Lipinski definition) is 5. The normalized spacial score (nSPS) is 11.1. The molecule has 4 nitrogen and oxygen atoms in total. The van der Waals surface area contributed by atoms with E-state index in [1.807, 2.05) is 38.1 Å². The third-order valence-electron chi connectivity index (χ3n) is 3.19. The van der Waals surface area contributed by atoms with Crippen LogP contribution in [0.15, 0.2) is 34.5 Å². The fourth-order valence-electron chi connectivity index (χ4n) is 1.85. The van der Waals surface area contributed by atoms with Crippen LogP contribution in [0.5, 0.6) is 0 Å². The van der Waals surface area contributed by atoms with Gasteiger partial charge in [0, 0.05) is 22.6 Å². The fourth-order valence-corrected chi connectivity index (χ4v) is 3.51. The Balaban J connectivity index is 0.00000264. The molecule has 1 heterocycles. The number of carbonyl (C=O) groups excluding carboxylic acids is 1. The van der Waals surface area contributed by atoms with E-state index in [0.29, 0.717) is 18.7 Å². The minimum Gasteiger partial charge on any atom is -0.352 e. The lowest BCUT2D eigenvalue weighted by Gasteiger charge is -2.12. The summed E-state index contributed by atoms with van der Waals surface area (Å²) in [6, 6.07) is 7.68. The van der Waals surface area contributed by atoms with Crippen LogP contribution in [0, 0.1) is 12.8 Å². The summed E-state index contributed by atoms with van der Waals surface area (Å²) in [4.78, 5) is 17.8. The van der Waals surface area contributed by atoms with E-state index >= 15 is 0 Å². The van der Waals surface area contributed by atoms with Gasteiger partial charge in [-0.1, -0.05) is 19.1 Å². The smallest absolute Gasteiger partial charge is 0.252 e. The first-order valence-corrected chi connectivity index (χ1v) is 9.07. The summed E-state index contributed by atoms with van der Waals surface area (Å²) < 4.78 is 0. The molecule has 0 fully saturated rings. The molecule has 1 amide bonds. The van der Waals surface area contributed by atoms with Crippen LogP contribution in [0.4, 0.5) is 0 Å². The standard InChI is InChI=1S/C16H21N3OS2.2ClH/c1-11(7-17)8-18-16(20)14-5-3-4-6-15(14)22-10-13-9-21-12(2)19-13;;/h3-6,9,11H,7-8,10,17H2,1-2H3,(H,18,20);2*1H. The van der Waals surface area contributed by atoms with Gasteiger partial charge < -0.3 is 11.1 Å². The van der Waals surface area contributed by atoms with Crippen molar-refractivity contribution in [2.45, 2.75) is 24.5 Å². The highest BCUT2D eigenvalue weighted by Gasteiger charge is 2.12. The molecule has 0 saturated carbocycles. The van der Waals surface area contributed by atoms with Gasteiger partial charge in [-0.05, 0) is 31.5 Å². The number of benzene rings is 1. The maximum atomic E-state index is 12.3. The SMILES string of the molecule is Cc1nc(CSc2ccccc2C(=O)NCC(C)CN)cs1.Cl.Cl. The second-order valence-corrected chi connectivity index (χ2v) is 7.27. The Kier molecular flexibility index (Phi) is 11.3. The van der Waals surface area contributed by atoms with E-state index in [9.17, 15) is 4.79 Å². The second kappa shape index (κ2) is 11.7. The molecule has 0 radical (unpaired) electrons. The molecule has 134 valence electrons. The molecule has 0 aliphatic carbocycles. The monoisotopic (exact) mass is 407 g/mol. The first-order valence-electron chi connectivity index (χ1n) is 7.21. The molecule has 0 aliphatic heterocycles. The summed E-state index contributed by atoms with van der Waals surface area (Å²) in [6.45, 7) is 5.18. The van der Waals surface area contributed by atoms with Crippen LogP contribution in [0.25, 0.3) is 0 Å². The minimum absolute atomic E-state index is 0. The molecule has 1 unspecified atom stereocenters. The van der Waals surface area contributed by atoms with E-state index in [1.54, 1.807) is 23.1 Å². The maximum absolute atomic E-state index is 12.3. The second-order valence-electron chi connectivity index (χ2n) is 5.19. The van der Waals surface area contributed by atoms with Gasteiger partial charge in [0.25, 0.3) is 5.91 Å². The molecular weight excluding hydrogens is 385 g/mol. The zero-order chi connectivity index (χ0) is 15.9. The van der Waals surface area contributed by atoms with Gasteiger partial charge in [-0.2, -0.15) is 0 Å². The van der Waals surface area contributed by atoms with Crippen LogP contribution < -0.4 is 11.1 Å². The fraction of sp³-hybridized carbons (Fsp3) is 0.375. The van der Waals surface area contributed by atoms with Gasteiger partial charge >= 0.3 is 0 Å². The molecule has 0 saturated heterocycles. The number of amides is 1. The third kappa shape index (κ3) is 6.99. The maximum Gasteiger partial charge on any atom is 0.252 e. The van der Waals surface area contributed by atoms with Crippen LogP contribution >= 0.6 is 47.9 Å². The zero-order valence-corrected chi connectivity index (χ0v) is 16.9. The molecule has 0 bridgehead atoms. The molecule has 1 aromatic carbocycles. The number of nitrogens with zero attached hydrogens (tertiary/aromatic N) is 1. The Morgan fingerprint density at radius 1 is 1.38 bits per heavy atom. The first-order chi connectivity index (χ1) is 10.6. The van der Waals surface area contributed by atoms with Crippen molar-refractivity contribution in [2.24, 2.45) is 11.7 Å². The summed E-state index contributed by atoms with van der Waals surface area (Å²) in [5.74, 6) is 1.01. The van der Waals surface area contributed by atoms with Crippen LogP contribution in [0.3, 0.4) is 0 Å². The lowest BCUT2D eigenvalue weighted by atomic mass is 10.1. The number of aryl methyl sites for hydroxylation is 1. The van der Waals surface area contributed by atoms with Crippen LogP contribution in [0.1, 0.15) is 28.0 Å². The van der Waals surface area contributed by atoms with Crippen molar-refractivity contribution >= 4 is 53.8 Å². The Morgan fingerprint density at radius 2 is 2.08 bits per heavy atom. The lowest BCUT2D eigenvalue weighted by molar-refractivity contribution is 0.0945. The van der Waals surface area contributed by atoms with Crippen molar-refractivity contribution in [3.63, 3.8) is 0 Å². The molecule has 1 aromatic heterocycles. The van der Waals surface area contributed by atoms with Crippen molar-refractivity contribution < 1.29 is 4.79 Å². The lowest BCUT2D eigenvalue weighted by Crippen LogP contribution is -2.31. The van der Waals surface area contributed by atoms with Crippen LogP contribution in [-0.4, -0.2) is 24.0 Å². The largest absolute Gasteiger partial charge is 0.352 e. The first kappa shape index (κ1) is 23.2. The van der Waals surface area contributed by atoms with E-state index in [-0.39, 0.29) is 36.6 Å². The Hall–Kier alpha value is -0.790. The van der Waals surface area contributed by atoms with Crippen molar-refractivity contribution in [1.29, 1.82) is 0 Å². The molecule has 2 rings (SSSR count). The molecule has 0 spiro atoms. The zero-order valence-electron chi connectivity index (χ0n) is 13.7. The average molecular weight is 408 g/mol. The van der Waals surface area contributed by atoms with Crippen LogP contribution in [0.2, 0.25) is 0 Å². The quantitative estimate of drug-likeness (QED) is 0.682. The number of carbonyl (C=O) groups is 1. The van der Waals surface area contributed by atoms with Gasteiger partial charge in [-0.15, -0.1) is 47.9 Å². The topological polar surface area (TPSA) is 68.0 Å². The molecule has 3 N–H and O–H groups in total. The number of halogens is 2. The van der Waals surface area contributed by atoms with E-state index in [4.69, 9.17) is 5.73 Å². The Labute approximate surface area is 163 Å². The highest BCUT2D eigenvalue weighted by Crippen LogP contribution is 2.26. The van der Waals surface area contributed by atoms with Crippen molar-refractivity contribution in [1.82, 2.24) is 10.3 Å². The van der Waals surface area contributed by atoms with Gasteiger partial charge in [-0.25, -0.2) is 4.98 Å². The minimum atomic E-state index is -0.0436. The predicted molar refractivity (Wildman–Crippen MR) is 108 cm³/mol. The highest BCUT2D eigenvalue weighted by atomic mass is 35.5. The van der Waals surface area contributed by atoms with E-state index < -0.39 is 0 Å². The summed E-state index contributed by atoms with van der Waals surface area (Å²) in [5.41, 5.74) is 7.35. The van der Waals surface area contributed by atoms with Gasteiger partial charge in [0.1, 0.15) is 0 Å². The van der Waals surface area contributed by atoms with E-state index in [0.717, 1.165) is 21.3 Å². The summed E-state index contributed by atoms with van der Waals surface area (Å²) in [6.07, 6.45) is 0. The van der Waals surface area contributed by atoms with Crippen molar-refractivity contribution in [3.8, 4) is 0 Å². The predicted octanol–water partition coefficient (Wildman–Crippen LogP) is 3.91. The van der Waals surface area contributed by atoms with Crippen molar-refractivity contribution in [3.05, 3.63) is 45.9 Å². The number of thioether (sulfide) groups is 1. The summed E-state index contributed by atoms with van der Waals surface area (Å²) in [7, 11) is 0. The number of nitrogens with two attached hydrogens (primary N) is 1. The molecule has 2 aromatic rings. The van der Waals surface area contributed by atoms with Gasteiger partial charge in [0.2, 0.25) is 0 Å².